The number of rotatable bonds is 3. The molecule has 17 heavy (non-hydrogen) atoms. The summed E-state index contributed by atoms with van der Waals surface area (Å²) < 4.78 is 0. The monoisotopic (exact) mass is 263 g/mol. The van der Waals surface area contributed by atoms with E-state index in [1.807, 2.05) is 18.2 Å². The molecule has 0 aliphatic heterocycles. The predicted molar refractivity (Wildman–Crippen MR) is 74.9 cm³/mol. The summed E-state index contributed by atoms with van der Waals surface area (Å²) >= 11 is 10.8. The van der Waals surface area contributed by atoms with E-state index < -0.39 is 0 Å². The Morgan fingerprint density at radius 3 is 2.59 bits per heavy atom. The molecular weight excluding hydrogens is 254 g/mol. The number of aromatic nitrogens is 1. The van der Waals surface area contributed by atoms with E-state index in [1.54, 1.807) is 24.4 Å². The lowest BCUT2D eigenvalue weighted by Crippen LogP contribution is -2.12. The molecule has 1 heterocycles. The molecule has 1 aromatic heterocycles. The lowest BCUT2D eigenvalue weighted by molar-refractivity contribution is 1.30. The van der Waals surface area contributed by atoms with E-state index in [-0.39, 0.29) is 0 Å². The first-order valence-corrected chi connectivity index (χ1v) is 5.73. The largest absolute Gasteiger partial charge is 0.389 e. The van der Waals surface area contributed by atoms with Gasteiger partial charge in [0.2, 0.25) is 0 Å². The summed E-state index contributed by atoms with van der Waals surface area (Å²) in [7, 11) is 0. The molecule has 0 aliphatic carbocycles. The Kier molecular flexibility index (Phi) is 3.56. The predicted octanol–water partition coefficient (Wildman–Crippen LogP) is 3.11. The molecule has 0 saturated carbocycles. The van der Waals surface area contributed by atoms with Gasteiger partial charge in [0.05, 0.1) is 5.56 Å². The van der Waals surface area contributed by atoms with Gasteiger partial charge in [-0.2, -0.15) is 0 Å². The molecule has 0 saturated heterocycles. The number of halogens is 1. The number of benzene rings is 1. The molecule has 86 valence electrons. The summed E-state index contributed by atoms with van der Waals surface area (Å²) in [4.78, 5) is 4.52. The molecule has 3 N–H and O–H groups in total. The molecule has 0 bridgehead atoms. The van der Waals surface area contributed by atoms with Gasteiger partial charge in [-0.25, -0.2) is 4.98 Å². The molecule has 0 unspecified atom stereocenters. The van der Waals surface area contributed by atoms with E-state index in [4.69, 9.17) is 29.6 Å². The van der Waals surface area contributed by atoms with Crippen molar-refractivity contribution in [1.82, 2.24) is 4.98 Å². The third-order valence-electron chi connectivity index (χ3n) is 2.18. The standard InChI is InChI=1S/C12H10ClN3S/c13-8-3-5-9(6-4-8)16-12-10(11(14)17)2-1-7-15-12/h1-7H,(H2,14,17)(H,15,16). The molecule has 0 spiro atoms. The summed E-state index contributed by atoms with van der Waals surface area (Å²) in [5, 5.41) is 3.83. The van der Waals surface area contributed by atoms with Crippen LogP contribution in [0.5, 0.6) is 0 Å². The highest BCUT2D eigenvalue weighted by Crippen LogP contribution is 2.20. The zero-order valence-electron chi connectivity index (χ0n) is 8.85. The zero-order valence-corrected chi connectivity index (χ0v) is 10.4. The molecule has 0 atom stereocenters. The summed E-state index contributed by atoms with van der Waals surface area (Å²) in [6, 6.07) is 10.9. The lowest BCUT2D eigenvalue weighted by Gasteiger charge is -2.09. The first-order valence-electron chi connectivity index (χ1n) is 4.94. The second-order valence-corrected chi connectivity index (χ2v) is 4.27. The number of pyridine rings is 1. The third kappa shape index (κ3) is 2.93. The third-order valence-corrected chi connectivity index (χ3v) is 2.65. The number of hydrogen-bond donors (Lipinski definition) is 2. The van der Waals surface area contributed by atoms with Crippen molar-refractivity contribution in [3.05, 3.63) is 53.2 Å². The van der Waals surface area contributed by atoms with Crippen molar-refractivity contribution in [2.75, 3.05) is 5.32 Å². The maximum Gasteiger partial charge on any atom is 0.140 e. The number of nitrogens with zero attached hydrogens (tertiary/aromatic N) is 1. The van der Waals surface area contributed by atoms with Gasteiger partial charge in [0.15, 0.2) is 0 Å². The van der Waals surface area contributed by atoms with Crippen molar-refractivity contribution in [3.63, 3.8) is 0 Å². The normalized spacial score (nSPS) is 9.94. The molecule has 5 heteroatoms. The lowest BCUT2D eigenvalue weighted by atomic mass is 10.2. The molecule has 0 aliphatic rings. The number of nitrogens with two attached hydrogens (primary N) is 1. The number of thiocarbonyl (C=S) groups is 1. The Morgan fingerprint density at radius 2 is 1.94 bits per heavy atom. The van der Waals surface area contributed by atoms with Gasteiger partial charge in [0.1, 0.15) is 10.8 Å². The highest BCUT2D eigenvalue weighted by Gasteiger charge is 2.05. The van der Waals surface area contributed by atoms with Crippen LogP contribution in [0.1, 0.15) is 5.56 Å². The molecule has 0 radical (unpaired) electrons. The van der Waals surface area contributed by atoms with Crippen LogP contribution in [0.15, 0.2) is 42.6 Å². The summed E-state index contributed by atoms with van der Waals surface area (Å²) in [5.74, 6) is 0.641. The van der Waals surface area contributed by atoms with Crippen LogP contribution in [0.25, 0.3) is 0 Å². The molecule has 3 nitrogen and oxygen atoms in total. The van der Waals surface area contributed by atoms with Crippen LogP contribution in [-0.4, -0.2) is 9.97 Å². The van der Waals surface area contributed by atoms with Crippen molar-refractivity contribution in [2.24, 2.45) is 5.73 Å². The maximum absolute atomic E-state index is 5.81. The van der Waals surface area contributed by atoms with Crippen LogP contribution in [0.3, 0.4) is 0 Å². The van der Waals surface area contributed by atoms with Crippen LogP contribution in [0.4, 0.5) is 11.5 Å². The average molecular weight is 264 g/mol. The van der Waals surface area contributed by atoms with Crippen LogP contribution < -0.4 is 11.1 Å². The Labute approximate surface area is 110 Å². The summed E-state index contributed by atoms with van der Waals surface area (Å²) in [6.07, 6.45) is 1.68. The zero-order chi connectivity index (χ0) is 12.3. The van der Waals surface area contributed by atoms with Gasteiger partial charge < -0.3 is 11.1 Å². The van der Waals surface area contributed by atoms with Crippen molar-refractivity contribution in [2.45, 2.75) is 0 Å². The fourth-order valence-electron chi connectivity index (χ4n) is 1.37. The number of hydrogen-bond acceptors (Lipinski definition) is 3. The first kappa shape index (κ1) is 11.8. The van der Waals surface area contributed by atoms with Gasteiger partial charge in [-0.3, -0.25) is 0 Å². The Hall–Kier alpha value is -1.65. The Balaban J connectivity index is 2.30. The summed E-state index contributed by atoms with van der Waals surface area (Å²) in [5.41, 5.74) is 7.22. The van der Waals surface area contributed by atoms with E-state index in [0.29, 0.717) is 15.8 Å². The smallest absolute Gasteiger partial charge is 0.140 e. The van der Waals surface area contributed by atoms with Crippen molar-refractivity contribution in [3.8, 4) is 0 Å². The van der Waals surface area contributed by atoms with E-state index in [2.05, 4.69) is 10.3 Å². The average Bonchev–Trinajstić information content (AvgIpc) is 2.32. The van der Waals surface area contributed by atoms with E-state index in [0.717, 1.165) is 11.3 Å². The SMILES string of the molecule is NC(=S)c1cccnc1Nc1ccc(Cl)cc1. The molecule has 0 fully saturated rings. The van der Waals surface area contributed by atoms with E-state index in [9.17, 15) is 0 Å². The van der Waals surface area contributed by atoms with E-state index in [1.165, 1.54) is 0 Å². The molecule has 2 aromatic rings. The summed E-state index contributed by atoms with van der Waals surface area (Å²) in [6.45, 7) is 0. The van der Waals surface area contributed by atoms with Gasteiger partial charge in [-0.1, -0.05) is 23.8 Å². The van der Waals surface area contributed by atoms with Gasteiger partial charge in [-0.15, -0.1) is 0 Å². The van der Waals surface area contributed by atoms with Crippen molar-refractivity contribution in [1.29, 1.82) is 0 Å². The molecular formula is C12H10ClN3S. The van der Waals surface area contributed by atoms with Gasteiger partial charge >= 0.3 is 0 Å². The molecule has 2 rings (SSSR count). The second kappa shape index (κ2) is 5.12. The quantitative estimate of drug-likeness (QED) is 0.836. The highest BCUT2D eigenvalue weighted by molar-refractivity contribution is 7.80. The highest BCUT2D eigenvalue weighted by atomic mass is 35.5. The van der Waals surface area contributed by atoms with E-state index >= 15 is 0 Å². The number of anilines is 2. The van der Waals surface area contributed by atoms with Crippen molar-refractivity contribution >= 4 is 40.3 Å². The number of nitrogens with one attached hydrogen (secondary N) is 1. The second-order valence-electron chi connectivity index (χ2n) is 3.40. The minimum Gasteiger partial charge on any atom is -0.389 e. The van der Waals surface area contributed by atoms with Crippen LogP contribution in [0, 0.1) is 0 Å². The van der Waals surface area contributed by atoms with Crippen LogP contribution in [-0.2, 0) is 0 Å². The van der Waals surface area contributed by atoms with Crippen LogP contribution in [0.2, 0.25) is 5.02 Å². The molecule has 1 aromatic carbocycles. The first-order chi connectivity index (χ1) is 8.16. The van der Waals surface area contributed by atoms with Gasteiger partial charge in [0, 0.05) is 16.9 Å². The Bertz CT molecular complexity index is 540. The van der Waals surface area contributed by atoms with Crippen LogP contribution >= 0.6 is 23.8 Å². The topological polar surface area (TPSA) is 50.9 Å². The Morgan fingerprint density at radius 1 is 1.24 bits per heavy atom. The van der Waals surface area contributed by atoms with Gasteiger partial charge in [0.25, 0.3) is 0 Å². The van der Waals surface area contributed by atoms with Gasteiger partial charge in [-0.05, 0) is 36.4 Å². The minimum absolute atomic E-state index is 0.314. The maximum atomic E-state index is 5.81. The van der Waals surface area contributed by atoms with Crippen molar-refractivity contribution < 1.29 is 0 Å². The fourth-order valence-corrected chi connectivity index (χ4v) is 1.66. The fraction of sp³-hybridized carbons (Fsp3) is 0. The molecule has 0 amide bonds. The minimum atomic E-state index is 0.314.